The highest BCUT2D eigenvalue weighted by molar-refractivity contribution is 5.74. The maximum Gasteiger partial charge on any atom is 0.142 e. The number of rotatable bonds is 3. The molecule has 1 unspecified atom stereocenters. The number of nitrogens with zero attached hydrogens (tertiary/aromatic N) is 5. The first-order valence-corrected chi connectivity index (χ1v) is 10.9. The molecule has 1 spiro atoms. The van der Waals surface area contributed by atoms with Gasteiger partial charge in [0.15, 0.2) is 0 Å². The van der Waals surface area contributed by atoms with E-state index in [1.54, 1.807) is 10.7 Å². The van der Waals surface area contributed by atoms with E-state index in [1.165, 1.54) is 32.2 Å². The Hall–Kier alpha value is -2.14. The molecule has 7 nitrogen and oxygen atoms in total. The Morgan fingerprint density at radius 1 is 1.28 bits per heavy atom. The van der Waals surface area contributed by atoms with Crippen LogP contribution in [-0.2, 0) is 4.74 Å². The molecule has 3 atom stereocenters. The Balaban J connectivity index is 1.30. The minimum Gasteiger partial charge on any atom is -0.370 e. The van der Waals surface area contributed by atoms with Crippen molar-refractivity contribution >= 4 is 11.2 Å². The summed E-state index contributed by atoms with van der Waals surface area (Å²) in [6.45, 7) is 8.33. The average molecular weight is 395 g/mol. The lowest BCUT2D eigenvalue weighted by molar-refractivity contribution is -0.0303. The van der Waals surface area contributed by atoms with Gasteiger partial charge in [-0.3, -0.25) is 4.90 Å². The molecule has 0 saturated carbocycles. The molecule has 3 aliphatic rings. The first-order chi connectivity index (χ1) is 14.2. The molecule has 3 aliphatic heterocycles. The van der Waals surface area contributed by atoms with Crippen molar-refractivity contribution in [1.29, 1.82) is 5.26 Å². The number of pyridine rings is 1. The Morgan fingerprint density at radius 2 is 2.21 bits per heavy atom. The molecule has 5 rings (SSSR count). The summed E-state index contributed by atoms with van der Waals surface area (Å²) in [7, 11) is 0. The summed E-state index contributed by atoms with van der Waals surface area (Å²) in [6, 6.07) is 8.14. The summed E-state index contributed by atoms with van der Waals surface area (Å²) in [4.78, 5) is 4.99. The summed E-state index contributed by atoms with van der Waals surface area (Å²) >= 11 is 0. The number of anilines is 1. The molecule has 2 aromatic heterocycles. The maximum atomic E-state index is 9.35. The standard InChI is InChI=1S/C22H30N6O/c1-17-13-27(20-5-4-18(12-23)28-21(20)6-10-25-28)15-19(29-17)14-26-11-8-22(16-26)7-2-3-9-24-22/h4-6,10,17,19,24H,2-3,7-9,11,13-16H2,1H3/t17-,19+,22?/m1/s1. The minimum atomic E-state index is 0.178. The van der Waals surface area contributed by atoms with Gasteiger partial charge in [-0.05, 0) is 50.9 Å². The number of nitriles is 1. The predicted molar refractivity (Wildman–Crippen MR) is 112 cm³/mol. The van der Waals surface area contributed by atoms with Gasteiger partial charge in [0.25, 0.3) is 0 Å². The zero-order valence-electron chi connectivity index (χ0n) is 17.2. The van der Waals surface area contributed by atoms with Crippen LogP contribution in [0.2, 0.25) is 0 Å². The van der Waals surface area contributed by atoms with Crippen LogP contribution in [0.5, 0.6) is 0 Å². The molecule has 0 aromatic carbocycles. The molecule has 5 heterocycles. The van der Waals surface area contributed by atoms with Crippen LogP contribution in [0.1, 0.15) is 38.3 Å². The van der Waals surface area contributed by atoms with Crippen LogP contribution in [0.3, 0.4) is 0 Å². The molecule has 0 amide bonds. The van der Waals surface area contributed by atoms with Gasteiger partial charge >= 0.3 is 0 Å². The molecular weight excluding hydrogens is 364 g/mol. The van der Waals surface area contributed by atoms with Crippen LogP contribution < -0.4 is 10.2 Å². The van der Waals surface area contributed by atoms with Gasteiger partial charge in [-0.2, -0.15) is 10.4 Å². The van der Waals surface area contributed by atoms with Crippen LogP contribution in [0, 0.1) is 11.3 Å². The van der Waals surface area contributed by atoms with Gasteiger partial charge in [0.1, 0.15) is 11.8 Å². The summed E-state index contributed by atoms with van der Waals surface area (Å²) in [6.07, 6.45) is 7.36. The first kappa shape index (κ1) is 18.9. The lowest BCUT2D eigenvalue weighted by Crippen LogP contribution is -2.53. The van der Waals surface area contributed by atoms with Gasteiger partial charge in [-0.1, -0.05) is 6.42 Å². The highest BCUT2D eigenvalue weighted by Gasteiger charge is 2.40. The van der Waals surface area contributed by atoms with Crippen LogP contribution in [0.25, 0.3) is 5.52 Å². The average Bonchev–Trinajstić information content (AvgIpc) is 3.35. The number of hydrogen-bond donors (Lipinski definition) is 1. The molecule has 2 aromatic rings. The zero-order chi connectivity index (χ0) is 19.8. The Kier molecular flexibility index (Phi) is 4.94. The van der Waals surface area contributed by atoms with E-state index in [9.17, 15) is 5.26 Å². The molecule has 7 heteroatoms. The normalized spacial score (nSPS) is 30.8. The van der Waals surface area contributed by atoms with E-state index in [-0.39, 0.29) is 12.2 Å². The van der Waals surface area contributed by atoms with Crippen molar-refractivity contribution < 1.29 is 4.74 Å². The summed E-state index contributed by atoms with van der Waals surface area (Å²) in [5.41, 5.74) is 3.03. The van der Waals surface area contributed by atoms with Gasteiger partial charge in [0, 0.05) is 38.3 Å². The number of nitrogens with one attached hydrogen (secondary N) is 1. The van der Waals surface area contributed by atoms with E-state index >= 15 is 0 Å². The van der Waals surface area contributed by atoms with E-state index in [1.807, 2.05) is 12.1 Å². The van der Waals surface area contributed by atoms with Crippen molar-refractivity contribution in [2.45, 2.75) is 50.4 Å². The highest BCUT2D eigenvalue weighted by Crippen LogP contribution is 2.31. The Morgan fingerprint density at radius 3 is 3.03 bits per heavy atom. The smallest absolute Gasteiger partial charge is 0.142 e. The van der Waals surface area contributed by atoms with Crippen molar-refractivity contribution in [2.24, 2.45) is 0 Å². The fourth-order valence-electron chi connectivity index (χ4n) is 5.48. The topological polar surface area (TPSA) is 68.8 Å². The summed E-state index contributed by atoms with van der Waals surface area (Å²) in [5.74, 6) is 0. The van der Waals surface area contributed by atoms with Gasteiger partial charge in [0.2, 0.25) is 0 Å². The lowest BCUT2D eigenvalue weighted by atomic mass is 9.88. The van der Waals surface area contributed by atoms with Crippen molar-refractivity contribution in [3.05, 3.63) is 30.1 Å². The number of fused-ring (bicyclic) bond motifs is 1. The molecule has 3 saturated heterocycles. The maximum absolute atomic E-state index is 9.35. The van der Waals surface area contributed by atoms with E-state index in [4.69, 9.17) is 4.74 Å². The number of morpholine rings is 1. The third-order valence-electron chi connectivity index (χ3n) is 6.79. The van der Waals surface area contributed by atoms with E-state index in [2.05, 4.69) is 39.3 Å². The number of likely N-dealkylation sites (tertiary alicyclic amines) is 1. The van der Waals surface area contributed by atoms with Crippen LogP contribution in [0.15, 0.2) is 24.4 Å². The fraction of sp³-hybridized carbons (Fsp3) is 0.636. The fourth-order valence-corrected chi connectivity index (χ4v) is 5.48. The third-order valence-corrected chi connectivity index (χ3v) is 6.79. The van der Waals surface area contributed by atoms with E-state index in [0.717, 1.165) is 43.9 Å². The number of piperidine rings is 1. The van der Waals surface area contributed by atoms with Gasteiger partial charge in [0.05, 0.1) is 29.6 Å². The lowest BCUT2D eigenvalue weighted by Gasteiger charge is -2.40. The van der Waals surface area contributed by atoms with Gasteiger partial charge in [-0.25, -0.2) is 4.52 Å². The molecule has 0 bridgehead atoms. The second-order valence-electron chi connectivity index (χ2n) is 8.97. The quantitative estimate of drug-likeness (QED) is 0.859. The van der Waals surface area contributed by atoms with Gasteiger partial charge in [-0.15, -0.1) is 0 Å². The van der Waals surface area contributed by atoms with Crippen molar-refractivity contribution in [2.75, 3.05) is 44.2 Å². The molecule has 1 N–H and O–H groups in total. The predicted octanol–water partition coefficient (Wildman–Crippen LogP) is 2.02. The highest BCUT2D eigenvalue weighted by atomic mass is 16.5. The molecule has 0 radical (unpaired) electrons. The third kappa shape index (κ3) is 3.61. The summed E-state index contributed by atoms with van der Waals surface area (Å²) in [5, 5.41) is 17.5. The Bertz CT molecular complexity index is 912. The number of aromatic nitrogens is 2. The molecular formula is C22H30N6O. The van der Waals surface area contributed by atoms with Crippen LogP contribution in [-0.4, -0.2) is 71.5 Å². The molecule has 3 fully saturated rings. The minimum absolute atomic E-state index is 0.178. The van der Waals surface area contributed by atoms with Gasteiger partial charge < -0.3 is 15.0 Å². The molecule has 154 valence electrons. The van der Waals surface area contributed by atoms with Crippen molar-refractivity contribution in [3.63, 3.8) is 0 Å². The molecule has 29 heavy (non-hydrogen) atoms. The zero-order valence-corrected chi connectivity index (χ0v) is 17.2. The van der Waals surface area contributed by atoms with E-state index in [0.29, 0.717) is 11.2 Å². The Labute approximate surface area is 172 Å². The van der Waals surface area contributed by atoms with Crippen LogP contribution in [0.4, 0.5) is 5.69 Å². The second kappa shape index (κ2) is 7.60. The monoisotopic (exact) mass is 394 g/mol. The summed E-state index contributed by atoms with van der Waals surface area (Å²) < 4.78 is 8.08. The number of hydrogen-bond acceptors (Lipinski definition) is 6. The second-order valence-corrected chi connectivity index (χ2v) is 8.97. The van der Waals surface area contributed by atoms with Crippen molar-refractivity contribution in [3.8, 4) is 6.07 Å². The van der Waals surface area contributed by atoms with Crippen LogP contribution >= 0.6 is 0 Å². The van der Waals surface area contributed by atoms with E-state index < -0.39 is 0 Å². The first-order valence-electron chi connectivity index (χ1n) is 10.9. The van der Waals surface area contributed by atoms with Crippen molar-refractivity contribution in [1.82, 2.24) is 19.8 Å². The molecule has 0 aliphatic carbocycles. The SMILES string of the molecule is C[C@@H]1CN(c2ccc(C#N)n3nccc23)C[C@H](CN2CCC3(CCCCN3)C2)O1. The largest absolute Gasteiger partial charge is 0.370 e. The number of ether oxygens (including phenoxy) is 1.